The molecule has 0 spiro atoms. The summed E-state index contributed by atoms with van der Waals surface area (Å²) in [5, 5.41) is 0. The highest BCUT2D eigenvalue weighted by Gasteiger charge is 2.18. The first-order valence-corrected chi connectivity index (χ1v) is 6.27. The van der Waals surface area contributed by atoms with Gasteiger partial charge in [-0.15, -0.1) is 0 Å². The standard InChI is InChI=1S/C14H11BrF2O/c1-18-13-5-3-2-4-10(13)14(15)11-8-9(16)6-7-12(11)17/h2-8,14H,1H3. The van der Waals surface area contributed by atoms with Crippen molar-refractivity contribution >= 4 is 15.9 Å². The number of hydrogen-bond acceptors (Lipinski definition) is 1. The fraction of sp³-hybridized carbons (Fsp3) is 0.143. The maximum Gasteiger partial charge on any atom is 0.128 e. The van der Waals surface area contributed by atoms with Crippen LogP contribution < -0.4 is 4.74 Å². The van der Waals surface area contributed by atoms with Gasteiger partial charge >= 0.3 is 0 Å². The molecule has 1 unspecified atom stereocenters. The minimum Gasteiger partial charge on any atom is -0.496 e. The lowest BCUT2D eigenvalue weighted by molar-refractivity contribution is 0.410. The molecule has 0 amide bonds. The summed E-state index contributed by atoms with van der Waals surface area (Å²) >= 11 is 3.38. The summed E-state index contributed by atoms with van der Waals surface area (Å²) in [7, 11) is 1.54. The molecule has 0 radical (unpaired) electrons. The Kier molecular flexibility index (Phi) is 3.97. The molecule has 0 N–H and O–H groups in total. The molecule has 1 atom stereocenters. The molecule has 2 aromatic rings. The van der Waals surface area contributed by atoms with Crippen LogP contribution in [0.2, 0.25) is 0 Å². The number of halogens is 3. The summed E-state index contributed by atoms with van der Waals surface area (Å²) in [4.78, 5) is -0.454. The molecule has 0 aliphatic heterocycles. The molecule has 1 nitrogen and oxygen atoms in total. The number of hydrogen-bond donors (Lipinski definition) is 0. The van der Waals surface area contributed by atoms with E-state index in [2.05, 4.69) is 15.9 Å². The Morgan fingerprint density at radius 2 is 1.78 bits per heavy atom. The van der Waals surface area contributed by atoms with Crippen LogP contribution in [0, 0.1) is 11.6 Å². The van der Waals surface area contributed by atoms with Crippen LogP contribution in [-0.4, -0.2) is 7.11 Å². The molecule has 0 saturated carbocycles. The fourth-order valence-corrected chi connectivity index (χ4v) is 2.48. The van der Waals surface area contributed by atoms with Gasteiger partial charge in [0.2, 0.25) is 0 Å². The Morgan fingerprint density at radius 3 is 2.50 bits per heavy atom. The summed E-state index contributed by atoms with van der Waals surface area (Å²) in [6.07, 6.45) is 0. The van der Waals surface area contributed by atoms with E-state index in [0.29, 0.717) is 5.75 Å². The SMILES string of the molecule is COc1ccccc1C(Br)c1cc(F)ccc1F. The van der Waals surface area contributed by atoms with Crippen molar-refractivity contribution in [2.45, 2.75) is 4.83 Å². The molecule has 0 heterocycles. The molecule has 0 saturated heterocycles. The summed E-state index contributed by atoms with van der Waals surface area (Å²) < 4.78 is 32.1. The van der Waals surface area contributed by atoms with Crippen molar-refractivity contribution in [2.75, 3.05) is 7.11 Å². The smallest absolute Gasteiger partial charge is 0.128 e. The first-order chi connectivity index (χ1) is 8.63. The van der Waals surface area contributed by atoms with Crippen LogP contribution in [0.25, 0.3) is 0 Å². The third-order valence-electron chi connectivity index (χ3n) is 2.64. The van der Waals surface area contributed by atoms with Crippen LogP contribution in [0.15, 0.2) is 42.5 Å². The molecule has 0 aromatic heterocycles. The second-order valence-corrected chi connectivity index (χ2v) is 4.69. The zero-order chi connectivity index (χ0) is 13.1. The van der Waals surface area contributed by atoms with Gasteiger partial charge in [0, 0.05) is 11.1 Å². The van der Waals surface area contributed by atoms with Gasteiger partial charge in [-0.1, -0.05) is 34.1 Å². The zero-order valence-electron chi connectivity index (χ0n) is 9.66. The van der Waals surface area contributed by atoms with Crippen molar-refractivity contribution in [1.29, 1.82) is 0 Å². The van der Waals surface area contributed by atoms with Crippen LogP contribution in [-0.2, 0) is 0 Å². The zero-order valence-corrected chi connectivity index (χ0v) is 11.2. The van der Waals surface area contributed by atoms with Crippen LogP contribution in [0.1, 0.15) is 16.0 Å². The molecular weight excluding hydrogens is 302 g/mol. The number of para-hydroxylation sites is 1. The molecular formula is C14H11BrF2O. The van der Waals surface area contributed by atoms with E-state index < -0.39 is 16.5 Å². The number of benzene rings is 2. The average molecular weight is 313 g/mol. The highest BCUT2D eigenvalue weighted by molar-refractivity contribution is 9.09. The number of rotatable bonds is 3. The maximum absolute atomic E-state index is 13.7. The van der Waals surface area contributed by atoms with Gasteiger partial charge in [-0.3, -0.25) is 0 Å². The van der Waals surface area contributed by atoms with Crippen molar-refractivity contribution in [1.82, 2.24) is 0 Å². The lowest BCUT2D eigenvalue weighted by atomic mass is 10.0. The Bertz CT molecular complexity index is 557. The largest absolute Gasteiger partial charge is 0.496 e. The first-order valence-electron chi connectivity index (χ1n) is 5.35. The highest BCUT2D eigenvalue weighted by atomic mass is 79.9. The van der Waals surface area contributed by atoms with E-state index in [-0.39, 0.29) is 5.56 Å². The second-order valence-electron chi connectivity index (χ2n) is 3.77. The molecule has 0 aliphatic rings. The van der Waals surface area contributed by atoms with Gasteiger partial charge in [-0.2, -0.15) is 0 Å². The fourth-order valence-electron chi connectivity index (χ4n) is 1.75. The monoisotopic (exact) mass is 312 g/mol. The first kappa shape index (κ1) is 13.0. The van der Waals surface area contributed by atoms with Crippen molar-refractivity contribution in [3.05, 3.63) is 65.2 Å². The van der Waals surface area contributed by atoms with Gasteiger partial charge in [-0.05, 0) is 24.3 Å². The van der Waals surface area contributed by atoms with E-state index in [0.717, 1.165) is 17.7 Å². The van der Waals surface area contributed by atoms with E-state index in [1.807, 2.05) is 18.2 Å². The van der Waals surface area contributed by atoms with Crippen LogP contribution in [0.5, 0.6) is 5.75 Å². The molecule has 2 rings (SSSR count). The Balaban J connectivity index is 2.47. The Morgan fingerprint density at radius 1 is 1.06 bits per heavy atom. The molecule has 4 heteroatoms. The molecule has 0 fully saturated rings. The minimum absolute atomic E-state index is 0.250. The van der Waals surface area contributed by atoms with E-state index in [4.69, 9.17) is 4.74 Å². The predicted octanol–water partition coefficient (Wildman–Crippen LogP) is 4.46. The van der Waals surface area contributed by atoms with Gasteiger partial charge in [0.05, 0.1) is 11.9 Å². The summed E-state index contributed by atoms with van der Waals surface area (Å²) in [6, 6.07) is 10.6. The maximum atomic E-state index is 13.7. The van der Waals surface area contributed by atoms with Crippen LogP contribution in [0.3, 0.4) is 0 Å². The molecule has 18 heavy (non-hydrogen) atoms. The molecule has 0 bridgehead atoms. The Labute approximate surface area is 113 Å². The summed E-state index contributed by atoms with van der Waals surface area (Å²) in [5.41, 5.74) is 1.00. The third-order valence-corrected chi connectivity index (χ3v) is 3.63. The van der Waals surface area contributed by atoms with Crippen molar-refractivity contribution in [3.8, 4) is 5.75 Å². The lowest BCUT2D eigenvalue weighted by Gasteiger charge is -2.15. The van der Waals surface area contributed by atoms with Crippen molar-refractivity contribution in [2.24, 2.45) is 0 Å². The van der Waals surface area contributed by atoms with Crippen LogP contribution in [0.4, 0.5) is 8.78 Å². The normalized spacial score (nSPS) is 12.2. The third kappa shape index (κ3) is 2.53. The van der Waals surface area contributed by atoms with Crippen molar-refractivity contribution in [3.63, 3.8) is 0 Å². The quantitative estimate of drug-likeness (QED) is 0.760. The topological polar surface area (TPSA) is 9.23 Å². The predicted molar refractivity (Wildman–Crippen MR) is 70.1 cm³/mol. The number of methoxy groups -OCH3 is 1. The van der Waals surface area contributed by atoms with E-state index in [1.165, 1.54) is 6.07 Å². The number of alkyl halides is 1. The minimum atomic E-state index is -0.467. The van der Waals surface area contributed by atoms with Crippen LogP contribution >= 0.6 is 15.9 Å². The van der Waals surface area contributed by atoms with Gasteiger partial charge in [0.1, 0.15) is 17.4 Å². The van der Waals surface area contributed by atoms with Gasteiger partial charge in [0.25, 0.3) is 0 Å². The van der Waals surface area contributed by atoms with Crippen molar-refractivity contribution < 1.29 is 13.5 Å². The van der Waals surface area contributed by atoms with E-state index in [9.17, 15) is 8.78 Å². The van der Waals surface area contributed by atoms with Gasteiger partial charge in [0.15, 0.2) is 0 Å². The molecule has 2 aromatic carbocycles. The van der Waals surface area contributed by atoms with E-state index >= 15 is 0 Å². The Hall–Kier alpha value is -1.42. The second kappa shape index (κ2) is 5.48. The highest BCUT2D eigenvalue weighted by Crippen LogP contribution is 2.37. The number of ether oxygens (including phenoxy) is 1. The average Bonchev–Trinajstić information content (AvgIpc) is 2.40. The summed E-state index contributed by atoms with van der Waals surface area (Å²) in [5.74, 6) is -0.294. The molecule has 0 aliphatic carbocycles. The van der Waals surface area contributed by atoms with Gasteiger partial charge < -0.3 is 4.74 Å². The van der Waals surface area contributed by atoms with Gasteiger partial charge in [-0.25, -0.2) is 8.78 Å². The molecule has 94 valence electrons. The lowest BCUT2D eigenvalue weighted by Crippen LogP contribution is -2.00. The van der Waals surface area contributed by atoms with E-state index in [1.54, 1.807) is 13.2 Å². The summed E-state index contributed by atoms with van der Waals surface area (Å²) in [6.45, 7) is 0.